The molecule has 0 spiro atoms. The molecule has 4 atom stereocenters. The predicted octanol–water partition coefficient (Wildman–Crippen LogP) is 2.61. The number of hydrogen-bond acceptors (Lipinski definition) is 3. The zero-order valence-corrected chi connectivity index (χ0v) is 15.4. The first-order valence-electron chi connectivity index (χ1n) is 9.89. The summed E-state index contributed by atoms with van der Waals surface area (Å²) in [4.78, 5) is 41.2. The second kappa shape index (κ2) is 7.71. The number of nitrogens with zero attached hydrogens (tertiary/aromatic N) is 2. The first-order chi connectivity index (χ1) is 12.1. The normalized spacial score (nSPS) is 29.6. The van der Waals surface area contributed by atoms with Gasteiger partial charge in [0.2, 0.25) is 17.7 Å². The van der Waals surface area contributed by atoms with Gasteiger partial charge in [-0.25, -0.2) is 0 Å². The van der Waals surface area contributed by atoms with Crippen LogP contribution in [0.4, 0.5) is 0 Å². The van der Waals surface area contributed by atoms with E-state index in [2.05, 4.69) is 26.0 Å². The molecule has 0 aromatic rings. The minimum Gasteiger partial charge on any atom is -0.343 e. The fraction of sp³-hybridized carbons (Fsp3) is 0.750. The van der Waals surface area contributed by atoms with Crippen LogP contribution in [0.2, 0.25) is 0 Å². The van der Waals surface area contributed by atoms with Crippen molar-refractivity contribution in [3.8, 4) is 0 Å². The second-order valence-corrected chi connectivity index (χ2v) is 7.67. The smallest absolute Gasteiger partial charge is 0.233 e. The molecule has 5 nitrogen and oxygen atoms in total. The van der Waals surface area contributed by atoms with E-state index in [1.165, 1.54) is 4.90 Å². The van der Waals surface area contributed by atoms with E-state index < -0.39 is 0 Å². The van der Waals surface area contributed by atoms with Crippen molar-refractivity contribution in [1.82, 2.24) is 9.80 Å². The summed E-state index contributed by atoms with van der Waals surface area (Å²) in [6.07, 6.45) is 9.50. The van der Waals surface area contributed by atoms with Crippen LogP contribution in [-0.2, 0) is 14.4 Å². The maximum Gasteiger partial charge on any atom is 0.233 e. The van der Waals surface area contributed by atoms with Crippen LogP contribution in [0, 0.1) is 23.7 Å². The number of amides is 3. The van der Waals surface area contributed by atoms with Gasteiger partial charge in [-0.2, -0.15) is 0 Å². The van der Waals surface area contributed by atoms with Crippen molar-refractivity contribution in [2.75, 3.05) is 19.6 Å². The van der Waals surface area contributed by atoms with Gasteiger partial charge in [-0.3, -0.25) is 19.3 Å². The van der Waals surface area contributed by atoms with Crippen LogP contribution in [0.3, 0.4) is 0 Å². The number of likely N-dealkylation sites (tertiary alicyclic amines) is 1. The molecule has 3 rings (SSSR count). The maximum atomic E-state index is 12.7. The van der Waals surface area contributed by atoms with Crippen LogP contribution in [0.5, 0.6) is 0 Å². The summed E-state index contributed by atoms with van der Waals surface area (Å²) in [5, 5.41) is 0. The minimum absolute atomic E-state index is 0.0479. The molecule has 1 saturated heterocycles. The average molecular weight is 346 g/mol. The Morgan fingerprint density at radius 1 is 1.04 bits per heavy atom. The number of imide groups is 1. The van der Waals surface area contributed by atoms with E-state index in [0.29, 0.717) is 0 Å². The second-order valence-electron chi connectivity index (χ2n) is 7.67. The molecule has 0 aromatic heterocycles. The van der Waals surface area contributed by atoms with Crippen LogP contribution in [-0.4, -0.2) is 47.2 Å². The van der Waals surface area contributed by atoms with Crippen molar-refractivity contribution in [3.05, 3.63) is 12.2 Å². The Morgan fingerprint density at radius 3 is 2.04 bits per heavy atom. The fourth-order valence-corrected chi connectivity index (χ4v) is 4.61. The van der Waals surface area contributed by atoms with E-state index in [1.54, 1.807) is 0 Å². The van der Waals surface area contributed by atoms with Gasteiger partial charge in [-0.15, -0.1) is 0 Å². The molecule has 0 unspecified atom stereocenters. The number of rotatable bonds is 9. The van der Waals surface area contributed by atoms with E-state index >= 15 is 0 Å². The summed E-state index contributed by atoms with van der Waals surface area (Å²) < 4.78 is 0. The van der Waals surface area contributed by atoms with Gasteiger partial charge in [0.25, 0.3) is 0 Å². The minimum atomic E-state index is -0.158. The maximum absolute atomic E-state index is 12.7. The Hall–Kier alpha value is -1.65. The highest BCUT2D eigenvalue weighted by Gasteiger charge is 2.59. The summed E-state index contributed by atoms with van der Waals surface area (Å²) in [5.74, 6) is 0.126. The van der Waals surface area contributed by atoms with Crippen LogP contribution < -0.4 is 0 Å². The molecule has 1 heterocycles. The first kappa shape index (κ1) is 18.2. The fourth-order valence-electron chi connectivity index (χ4n) is 4.61. The molecular formula is C20H30N2O3. The van der Waals surface area contributed by atoms with Crippen molar-refractivity contribution in [3.63, 3.8) is 0 Å². The lowest BCUT2D eigenvalue weighted by atomic mass is 9.85. The highest BCUT2D eigenvalue weighted by molar-refractivity contribution is 6.06. The number of hydrogen-bond donors (Lipinski definition) is 0. The van der Waals surface area contributed by atoms with Crippen LogP contribution in [0.15, 0.2) is 12.2 Å². The molecule has 0 aromatic carbocycles. The van der Waals surface area contributed by atoms with Crippen molar-refractivity contribution >= 4 is 17.7 Å². The molecule has 3 amide bonds. The topological polar surface area (TPSA) is 57.7 Å². The van der Waals surface area contributed by atoms with Gasteiger partial charge in [0.1, 0.15) is 0 Å². The van der Waals surface area contributed by atoms with Crippen LogP contribution in [0.1, 0.15) is 52.4 Å². The third-order valence-electron chi connectivity index (χ3n) is 6.03. The summed E-state index contributed by atoms with van der Waals surface area (Å²) in [6, 6.07) is 0. The molecule has 3 aliphatic rings. The van der Waals surface area contributed by atoms with E-state index in [-0.39, 0.29) is 54.4 Å². The van der Waals surface area contributed by atoms with Crippen molar-refractivity contribution in [2.45, 2.75) is 52.4 Å². The first-order valence-corrected chi connectivity index (χ1v) is 9.89. The van der Waals surface area contributed by atoms with E-state index in [4.69, 9.17) is 0 Å². The highest BCUT2D eigenvalue weighted by atomic mass is 16.2. The Bertz CT molecular complexity index is 533. The van der Waals surface area contributed by atoms with Gasteiger partial charge in [0.15, 0.2) is 0 Å². The van der Waals surface area contributed by atoms with Gasteiger partial charge < -0.3 is 4.90 Å². The molecule has 1 saturated carbocycles. The third kappa shape index (κ3) is 3.38. The number of carbonyl (C=O) groups excluding carboxylic acids is 3. The summed E-state index contributed by atoms with van der Waals surface area (Å²) >= 11 is 0. The molecule has 2 bridgehead atoms. The lowest BCUT2D eigenvalue weighted by molar-refractivity contribution is -0.141. The molecule has 0 radical (unpaired) electrons. The molecule has 5 heteroatoms. The quantitative estimate of drug-likeness (QED) is 0.476. The van der Waals surface area contributed by atoms with Gasteiger partial charge in [-0.1, -0.05) is 38.8 Å². The van der Waals surface area contributed by atoms with Gasteiger partial charge >= 0.3 is 0 Å². The largest absolute Gasteiger partial charge is 0.343 e. The van der Waals surface area contributed by atoms with Crippen molar-refractivity contribution in [2.24, 2.45) is 23.7 Å². The molecule has 2 fully saturated rings. The van der Waals surface area contributed by atoms with Crippen molar-refractivity contribution in [1.29, 1.82) is 0 Å². The summed E-state index contributed by atoms with van der Waals surface area (Å²) in [5.41, 5.74) is 0. The van der Waals surface area contributed by atoms with Gasteiger partial charge in [0, 0.05) is 26.1 Å². The summed E-state index contributed by atoms with van der Waals surface area (Å²) in [7, 11) is 0. The van der Waals surface area contributed by atoms with E-state index in [9.17, 15) is 14.4 Å². The van der Waals surface area contributed by atoms with Gasteiger partial charge in [0.05, 0.1) is 11.8 Å². The highest BCUT2D eigenvalue weighted by Crippen LogP contribution is 2.52. The average Bonchev–Trinajstić information content (AvgIpc) is 3.28. The lowest BCUT2D eigenvalue weighted by Gasteiger charge is -2.24. The Morgan fingerprint density at radius 2 is 1.56 bits per heavy atom. The zero-order chi connectivity index (χ0) is 18.0. The Kier molecular flexibility index (Phi) is 5.60. The predicted molar refractivity (Wildman–Crippen MR) is 95.5 cm³/mol. The zero-order valence-electron chi connectivity index (χ0n) is 15.4. The van der Waals surface area contributed by atoms with Crippen LogP contribution in [0.25, 0.3) is 0 Å². The number of allylic oxidation sites excluding steroid dienone is 2. The summed E-state index contributed by atoms with van der Waals surface area (Å²) in [6.45, 7) is 6.03. The SMILES string of the molecule is CCCCN(CCCC)C(=O)CCN1C(=O)[C@H]2[C@H](C1=O)[C@H]1C=C[C@H]2C1. The third-order valence-corrected chi connectivity index (χ3v) is 6.03. The molecule has 0 N–H and O–H groups in total. The number of fused-ring (bicyclic) bond motifs is 5. The standard InChI is InChI=1S/C20H30N2O3/c1-3-5-10-21(11-6-4-2)16(23)9-12-22-19(24)17-14-7-8-15(13-14)18(17)20(22)25/h7-8,14-15,17-18H,3-6,9-13H2,1-2H3/t14-,15-,17+,18+/m0/s1. The van der Waals surface area contributed by atoms with Crippen molar-refractivity contribution < 1.29 is 14.4 Å². The monoisotopic (exact) mass is 346 g/mol. The molecule has 25 heavy (non-hydrogen) atoms. The molecule has 1 aliphatic heterocycles. The Balaban J connectivity index is 1.56. The Labute approximate surface area is 150 Å². The lowest BCUT2D eigenvalue weighted by Crippen LogP contribution is -2.39. The molecule has 138 valence electrons. The molecule has 2 aliphatic carbocycles. The van der Waals surface area contributed by atoms with E-state index in [0.717, 1.165) is 45.2 Å². The van der Waals surface area contributed by atoms with Crippen LogP contribution >= 0.6 is 0 Å². The van der Waals surface area contributed by atoms with Gasteiger partial charge in [-0.05, 0) is 31.1 Å². The van der Waals surface area contributed by atoms with E-state index in [1.807, 2.05) is 4.90 Å². The number of unbranched alkanes of at least 4 members (excludes halogenated alkanes) is 2. The molecular weight excluding hydrogens is 316 g/mol. The number of carbonyl (C=O) groups is 3.